The van der Waals surface area contributed by atoms with Crippen molar-refractivity contribution in [2.75, 3.05) is 13.2 Å². The highest BCUT2D eigenvalue weighted by Crippen LogP contribution is 2.15. The lowest BCUT2D eigenvalue weighted by Gasteiger charge is -2.18. The van der Waals surface area contributed by atoms with E-state index in [9.17, 15) is 14.4 Å². The average Bonchev–Trinajstić information content (AvgIpc) is 3.35. The minimum absolute atomic E-state index is 0.0931. The zero-order chi connectivity index (χ0) is 50.0. The lowest BCUT2D eigenvalue weighted by atomic mass is 10.0. The van der Waals surface area contributed by atoms with Crippen LogP contribution in [-0.4, -0.2) is 37.2 Å². The minimum Gasteiger partial charge on any atom is -0.462 e. The summed E-state index contributed by atoms with van der Waals surface area (Å²) in [5.74, 6) is -0.930. The largest absolute Gasteiger partial charge is 0.462 e. The van der Waals surface area contributed by atoms with Crippen LogP contribution in [0, 0.1) is 0 Å². The number of ether oxygens (including phenoxy) is 3. The fourth-order valence-corrected chi connectivity index (χ4v) is 7.64. The van der Waals surface area contributed by atoms with Crippen LogP contribution in [0.4, 0.5) is 0 Å². The Bertz CT molecular complexity index is 1420. The second-order valence-electron chi connectivity index (χ2n) is 18.6. The zero-order valence-corrected chi connectivity index (χ0v) is 44.8. The molecule has 0 fully saturated rings. The van der Waals surface area contributed by atoms with Gasteiger partial charge < -0.3 is 14.2 Å². The maximum atomic E-state index is 12.9. The fourth-order valence-electron chi connectivity index (χ4n) is 7.64. The maximum Gasteiger partial charge on any atom is 0.306 e. The quantitative estimate of drug-likeness (QED) is 0.0199. The number of hydrogen-bond donors (Lipinski definition) is 0. The van der Waals surface area contributed by atoms with Crippen LogP contribution >= 0.6 is 0 Å². The molecule has 0 saturated heterocycles. The minimum atomic E-state index is -0.799. The van der Waals surface area contributed by atoms with Crippen LogP contribution in [0.15, 0.2) is 109 Å². The highest BCUT2D eigenvalue weighted by Gasteiger charge is 2.19. The summed E-state index contributed by atoms with van der Waals surface area (Å²) >= 11 is 0. The highest BCUT2D eigenvalue weighted by atomic mass is 16.6. The molecule has 0 aromatic rings. The van der Waals surface area contributed by atoms with Gasteiger partial charge in [-0.25, -0.2) is 0 Å². The molecule has 1 atom stereocenters. The summed E-state index contributed by atoms with van der Waals surface area (Å²) in [6.07, 6.45) is 76.3. The SMILES string of the molecule is CC/C=C\C/C=C\C/C=C\C/C=C\CCCCCCCCC(=O)OCC(COC(=O)CCCCCCCCCCCCCCCC)OC(=O)CCCCCCC\C=C/C=C\C=C/C=C\C=C/CCC. The average molecular weight is 958 g/mol. The van der Waals surface area contributed by atoms with E-state index in [0.717, 1.165) is 122 Å². The standard InChI is InChI=1S/C63H104O6/c1-4-7-10-13-16-19-22-25-28-30-32-34-35-38-41-44-47-50-53-56-62(65)68-59-60(58-67-61(64)55-52-49-46-43-40-37-27-24-21-18-15-12-9-6-3)69-63(66)57-54-51-48-45-42-39-36-33-31-29-26-23-20-17-14-11-8-5-2/h7,10-11,14,16-17,19-20,23,25-26,28-29,31-34,36,60H,4-6,8-9,12-13,15,18,21-22,24,27,30,35,37-59H2,1-3H3/b10-7-,14-11-,19-16-,20-17-,26-23-,28-25-,31-29-,34-32-,36-33-. The molecule has 0 N–H and O–H groups in total. The molecular weight excluding hydrogens is 853 g/mol. The molecule has 0 aliphatic rings. The third kappa shape index (κ3) is 54.9. The van der Waals surface area contributed by atoms with E-state index in [4.69, 9.17) is 14.2 Å². The van der Waals surface area contributed by atoms with Crippen molar-refractivity contribution in [1.82, 2.24) is 0 Å². The van der Waals surface area contributed by atoms with Gasteiger partial charge in [-0.1, -0.05) is 265 Å². The van der Waals surface area contributed by atoms with E-state index >= 15 is 0 Å². The van der Waals surface area contributed by atoms with Crippen molar-refractivity contribution in [3.8, 4) is 0 Å². The van der Waals surface area contributed by atoms with Crippen LogP contribution in [0.25, 0.3) is 0 Å². The van der Waals surface area contributed by atoms with Gasteiger partial charge >= 0.3 is 17.9 Å². The molecule has 0 amide bonds. The Hall–Kier alpha value is -3.93. The van der Waals surface area contributed by atoms with Gasteiger partial charge in [0.1, 0.15) is 13.2 Å². The second-order valence-corrected chi connectivity index (χ2v) is 18.6. The molecule has 0 heterocycles. The summed E-state index contributed by atoms with van der Waals surface area (Å²) in [5, 5.41) is 0. The lowest BCUT2D eigenvalue weighted by Crippen LogP contribution is -2.30. The Morgan fingerprint density at radius 3 is 1.07 bits per heavy atom. The predicted molar refractivity (Wildman–Crippen MR) is 297 cm³/mol. The molecule has 1 unspecified atom stereocenters. The van der Waals surface area contributed by atoms with Crippen molar-refractivity contribution in [3.05, 3.63) is 109 Å². The van der Waals surface area contributed by atoms with E-state index in [1.165, 1.54) is 89.9 Å². The fraction of sp³-hybridized carbons (Fsp3) is 0.667. The molecule has 0 aliphatic heterocycles. The van der Waals surface area contributed by atoms with Crippen LogP contribution in [0.5, 0.6) is 0 Å². The summed E-state index contributed by atoms with van der Waals surface area (Å²) in [6.45, 7) is 6.41. The number of hydrogen-bond acceptors (Lipinski definition) is 6. The van der Waals surface area contributed by atoms with Gasteiger partial charge in [-0.3, -0.25) is 14.4 Å². The van der Waals surface area contributed by atoms with Crippen molar-refractivity contribution in [3.63, 3.8) is 0 Å². The van der Waals surface area contributed by atoms with Gasteiger partial charge in [-0.05, 0) is 77.0 Å². The Labute approximate surface area is 425 Å². The number of allylic oxidation sites excluding steroid dienone is 18. The summed E-state index contributed by atoms with van der Waals surface area (Å²) in [7, 11) is 0. The molecule has 0 spiro atoms. The maximum absolute atomic E-state index is 12.9. The van der Waals surface area contributed by atoms with E-state index in [0.29, 0.717) is 19.3 Å². The van der Waals surface area contributed by atoms with Gasteiger partial charge in [-0.15, -0.1) is 0 Å². The van der Waals surface area contributed by atoms with Gasteiger partial charge in [0, 0.05) is 19.3 Å². The number of carbonyl (C=O) groups is 3. The number of unbranched alkanes of at least 4 members (excludes halogenated alkanes) is 25. The highest BCUT2D eigenvalue weighted by molar-refractivity contribution is 5.71. The molecule has 0 aliphatic carbocycles. The third-order valence-corrected chi connectivity index (χ3v) is 11.9. The monoisotopic (exact) mass is 957 g/mol. The van der Waals surface area contributed by atoms with E-state index in [2.05, 4.69) is 106 Å². The van der Waals surface area contributed by atoms with Crippen LogP contribution in [0.2, 0.25) is 0 Å². The molecule has 69 heavy (non-hydrogen) atoms. The number of carbonyl (C=O) groups excluding carboxylic acids is 3. The van der Waals surface area contributed by atoms with Gasteiger partial charge in [0.25, 0.3) is 0 Å². The first-order valence-corrected chi connectivity index (χ1v) is 28.5. The molecule has 6 heteroatoms. The Kier molecular flexibility index (Phi) is 53.4. The molecule has 0 bridgehead atoms. The molecular formula is C63H104O6. The van der Waals surface area contributed by atoms with E-state index in [1.807, 2.05) is 24.3 Å². The topological polar surface area (TPSA) is 78.9 Å². The Morgan fingerprint density at radius 1 is 0.319 bits per heavy atom. The zero-order valence-electron chi connectivity index (χ0n) is 44.8. The van der Waals surface area contributed by atoms with Crippen molar-refractivity contribution in [1.29, 1.82) is 0 Å². The second kappa shape index (κ2) is 56.7. The molecule has 0 aromatic carbocycles. The number of rotatable bonds is 50. The first-order valence-electron chi connectivity index (χ1n) is 28.5. The smallest absolute Gasteiger partial charge is 0.306 e. The van der Waals surface area contributed by atoms with Crippen molar-refractivity contribution in [2.24, 2.45) is 0 Å². The van der Waals surface area contributed by atoms with Crippen molar-refractivity contribution in [2.45, 2.75) is 258 Å². The van der Waals surface area contributed by atoms with Gasteiger partial charge in [0.15, 0.2) is 6.10 Å². The summed E-state index contributed by atoms with van der Waals surface area (Å²) in [6, 6.07) is 0. The van der Waals surface area contributed by atoms with Gasteiger partial charge in [-0.2, -0.15) is 0 Å². The van der Waals surface area contributed by atoms with Gasteiger partial charge in [0.2, 0.25) is 0 Å². The molecule has 0 rings (SSSR count). The van der Waals surface area contributed by atoms with E-state index < -0.39 is 6.10 Å². The van der Waals surface area contributed by atoms with E-state index in [1.54, 1.807) is 0 Å². The first-order chi connectivity index (χ1) is 34.0. The molecule has 0 aromatic heterocycles. The third-order valence-electron chi connectivity index (χ3n) is 11.9. The van der Waals surface area contributed by atoms with E-state index in [-0.39, 0.29) is 31.1 Å². The first kappa shape index (κ1) is 65.1. The van der Waals surface area contributed by atoms with Crippen LogP contribution in [0.1, 0.15) is 252 Å². The normalized spacial score (nSPS) is 12.9. The molecule has 392 valence electrons. The Morgan fingerprint density at radius 2 is 0.652 bits per heavy atom. The van der Waals surface area contributed by atoms with Crippen LogP contribution in [0.3, 0.4) is 0 Å². The lowest BCUT2D eigenvalue weighted by molar-refractivity contribution is -0.167. The van der Waals surface area contributed by atoms with Crippen LogP contribution in [-0.2, 0) is 28.6 Å². The van der Waals surface area contributed by atoms with Crippen LogP contribution < -0.4 is 0 Å². The summed E-state index contributed by atoms with van der Waals surface area (Å²) < 4.78 is 16.8. The summed E-state index contributed by atoms with van der Waals surface area (Å²) in [4.78, 5) is 38.2. The number of esters is 3. The molecule has 0 radical (unpaired) electrons. The molecule has 0 saturated carbocycles. The van der Waals surface area contributed by atoms with Crippen molar-refractivity contribution >= 4 is 17.9 Å². The summed E-state index contributed by atoms with van der Waals surface area (Å²) in [5.41, 5.74) is 0. The molecule has 6 nitrogen and oxygen atoms in total. The predicted octanol–water partition coefficient (Wildman–Crippen LogP) is 19.1. The van der Waals surface area contributed by atoms with Gasteiger partial charge in [0.05, 0.1) is 0 Å². The van der Waals surface area contributed by atoms with Crippen molar-refractivity contribution < 1.29 is 28.6 Å². The Balaban J connectivity index is 4.47.